The van der Waals surface area contributed by atoms with Crippen molar-refractivity contribution in [3.05, 3.63) is 29.8 Å². The summed E-state index contributed by atoms with van der Waals surface area (Å²) < 4.78 is 0. The van der Waals surface area contributed by atoms with Gasteiger partial charge in [0.05, 0.1) is 23.1 Å². The standard InChI is InChI=1S/C16H13Br2NO4/c17-12-8-5-9(13(12)18)11-10(8)14(20)19(15(11)21)7-3-1-2-6(4-7)16(22)23/h1-4,8-13H,5H2,(H,22,23)/t8-,9+,10+,11-,12-,13-/m1/s1. The molecule has 0 radical (unpaired) electrons. The second kappa shape index (κ2) is 5.14. The zero-order chi connectivity index (χ0) is 16.5. The summed E-state index contributed by atoms with van der Waals surface area (Å²) in [5.41, 5.74) is 0.422. The first-order valence-corrected chi connectivity index (χ1v) is 9.24. The van der Waals surface area contributed by atoms with E-state index in [-0.39, 0.29) is 50.7 Å². The predicted octanol–water partition coefficient (Wildman–Crippen LogP) is 2.67. The van der Waals surface area contributed by atoms with Gasteiger partial charge in [0, 0.05) is 9.65 Å². The largest absolute Gasteiger partial charge is 0.478 e. The lowest BCUT2D eigenvalue weighted by Gasteiger charge is -2.28. The number of carboxylic acid groups (broad SMARTS) is 1. The molecule has 1 aromatic rings. The third-order valence-electron chi connectivity index (χ3n) is 5.34. The number of alkyl halides is 2. The van der Waals surface area contributed by atoms with Crippen LogP contribution < -0.4 is 4.90 Å². The van der Waals surface area contributed by atoms with Crippen molar-refractivity contribution in [2.24, 2.45) is 23.7 Å². The molecule has 1 aromatic carbocycles. The predicted molar refractivity (Wildman–Crippen MR) is 89.9 cm³/mol. The molecule has 2 bridgehead atoms. The number of carboxylic acids is 1. The number of carbonyl (C=O) groups is 3. The van der Waals surface area contributed by atoms with Crippen LogP contribution in [0.5, 0.6) is 0 Å². The van der Waals surface area contributed by atoms with Crippen LogP contribution in [-0.4, -0.2) is 32.5 Å². The van der Waals surface area contributed by atoms with E-state index in [2.05, 4.69) is 31.9 Å². The fraction of sp³-hybridized carbons (Fsp3) is 0.438. The van der Waals surface area contributed by atoms with Crippen molar-refractivity contribution >= 4 is 55.3 Å². The van der Waals surface area contributed by atoms with E-state index in [4.69, 9.17) is 5.11 Å². The van der Waals surface area contributed by atoms with Gasteiger partial charge in [-0.05, 0) is 36.5 Å². The number of carbonyl (C=O) groups excluding carboxylic acids is 2. The summed E-state index contributed by atoms with van der Waals surface area (Å²) >= 11 is 7.29. The minimum atomic E-state index is -1.08. The van der Waals surface area contributed by atoms with E-state index in [0.717, 1.165) is 6.42 Å². The molecule has 4 rings (SSSR count). The lowest BCUT2D eigenvalue weighted by Crippen LogP contribution is -2.37. The Hall–Kier alpha value is -1.21. The van der Waals surface area contributed by atoms with Gasteiger partial charge in [-0.3, -0.25) is 14.5 Å². The van der Waals surface area contributed by atoms with Crippen LogP contribution in [0.2, 0.25) is 0 Å². The van der Waals surface area contributed by atoms with Crippen molar-refractivity contribution in [2.75, 3.05) is 4.90 Å². The second-order valence-corrected chi connectivity index (χ2v) is 8.49. The van der Waals surface area contributed by atoms with Gasteiger partial charge in [0.25, 0.3) is 0 Å². The molecule has 2 aliphatic carbocycles. The Bertz CT molecular complexity index is 705. The molecule has 2 amide bonds. The molecule has 3 fully saturated rings. The minimum Gasteiger partial charge on any atom is -0.478 e. The quantitative estimate of drug-likeness (QED) is 0.564. The number of nitrogens with zero attached hydrogens (tertiary/aromatic N) is 1. The van der Waals surface area contributed by atoms with Crippen molar-refractivity contribution < 1.29 is 19.5 Å². The van der Waals surface area contributed by atoms with Gasteiger partial charge in [-0.25, -0.2) is 4.79 Å². The highest BCUT2D eigenvalue weighted by molar-refractivity contribution is 9.12. The molecule has 0 aromatic heterocycles. The Balaban J connectivity index is 1.73. The molecule has 7 heteroatoms. The van der Waals surface area contributed by atoms with Crippen molar-refractivity contribution in [3.63, 3.8) is 0 Å². The Labute approximate surface area is 149 Å². The van der Waals surface area contributed by atoms with Gasteiger partial charge in [0.15, 0.2) is 0 Å². The lowest BCUT2D eigenvalue weighted by atomic mass is 9.81. The Morgan fingerprint density at radius 1 is 1.09 bits per heavy atom. The molecule has 1 heterocycles. The van der Waals surface area contributed by atoms with E-state index >= 15 is 0 Å². The van der Waals surface area contributed by atoms with Crippen LogP contribution >= 0.6 is 31.9 Å². The summed E-state index contributed by atoms with van der Waals surface area (Å²) in [6.45, 7) is 0. The van der Waals surface area contributed by atoms with Crippen molar-refractivity contribution in [2.45, 2.75) is 16.1 Å². The maximum absolute atomic E-state index is 12.8. The summed E-state index contributed by atoms with van der Waals surface area (Å²) in [6, 6.07) is 6.01. The maximum Gasteiger partial charge on any atom is 0.335 e. The van der Waals surface area contributed by atoms with Gasteiger partial charge in [-0.2, -0.15) is 0 Å². The molecule has 0 unspecified atom stereocenters. The molecule has 2 saturated carbocycles. The first kappa shape index (κ1) is 15.3. The Morgan fingerprint density at radius 2 is 1.65 bits per heavy atom. The maximum atomic E-state index is 12.8. The molecule has 1 N–H and O–H groups in total. The van der Waals surface area contributed by atoms with Crippen LogP contribution in [0.4, 0.5) is 5.69 Å². The number of rotatable bonds is 2. The van der Waals surface area contributed by atoms with Crippen LogP contribution in [0, 0.1) is 23.7 Å². The van der Waals surface area contributed by atoms with E-state index in [1.54, 1.807) is 12.1 Å². The number of hydrogen-bond donors (Lipinski definition) is 1. The molecular weight excluding hydrogens is 430 g/mol. The first-order valence-electron chi connectivity index (χ1n) is 7.41. The number of anilines is 1. The van der Waals surface area contributed by atoms with Crippen LogP contribution in [0.15, 0.2) is 24.3 Å². The Morgan fingerprint density at radius 3 is 2.17 bits per heavy atom. The highest BCUT2D eigenvalue weighted by Crippen LogP contribution is 2.60. The van der Waals surface area contributed by atoms with Gasteiger partial charge in [0.1, 0.15) is 0 Å². The Kier molecular flexibility index (Phi) is 3.43. The summed E-state index contributed by atoms with van der Waals surface area (Å²) in [6.07, 6.45) is 0.877. The molecule has 1 aliphatic heterocycles. The highest BCUT2D eigenvalue weighted by atomic mass is 79.9. The van der Waals surface area contributed by atoms with Gasteiger partial charge in [-0.15, -0.1) is 0 Å². The number of benzene rings is 1. The molecule has 0 spiro atoms. The van der Waals surface area contributed by atoms with Crippen LogP contribution in [0.3, 0.4) is 0 Å². The number of amides is 2. The second-order valence-electron chi connectivity index (χ2n) is 6.37. The van der Waals surface area contributed by atoms with Gasteiger partial charge in [0.2, 0.25) is 11.8 Å². The zero-order valence-electron chi connectivity index (χ0n) is 11.9. The van der Waals surface area contributed by atoms with E-state index < -0.39 is 5.97 Å². The number of fused-ring (bicyclic) bond motifs is 5. The van der Waals surface area contributed by atoms with Crippen LogP contribution in [-0.2, 0) is 9.59 Å². The summed E-state index contributed by atoms with van der Waals surface area (Å²) in [7, 11) is 0. The highest BCUT2D eigenvalue weighted by Gasteiger charge is 2.66. The molecular formula is C16H13Br2NO4. The normalized spacial score (nSPS) is 38.3. The van der Waals surface area contributed by atoms with Crippen molar-refractivity contribution in [1.82, 2.24) is 0 Å². The van der Waals surface area contributed by atoms with Crippen molar-refractivity contribution in [3.8, 4) is 0 Å². The van der Waals surface area contributed by atoms with Gasteiger partial charge < -0.3 is 5.11 Å². The third kappa shape index (κ3) is 1.99. The molecule has 120 valence electrons. The average Bonchev–Trinajstić information content (AvgIpc) is 3.12. The van der Waals surface area contributed by atoms with Gasteiger partial charge >= 0.3 is 5.97 Å². The molecule has 6 atom stereocenters. The van der Waals surface area contributed by atoms with Crippen LogP contribution in [0.1, 0.15) is 16.8 Å². The summed E-state index contributed by atoms with van der Waals surface area (Å²) in [5, 5.41) is 9.11. The number of hydrogen-bond acceptors (Lipinski definition) is 3. The van der Waals surface area contributed by atoms with E-state index in [1.807, 2.05) is 0 Å². The first-order chi connectivity index (χ1) is 10.9. The van der Waals surface area contributed by atoms with E-state index in [1.165, 1.54) is 17.0 Å². The zero-order valence-corrected chi connectivity index (χ0v) is 15.0. The van der Waals surface area contributed by atoms with E-state index in [9.17, 15) is 14.4 Å². The molecule has 23 heavy (non-hydrogen) atoms. The molecule has 1 saturated heterocycles. The lowest BCUT2D eigenvalue weighted by molar-refractivity contribution is -0.123. The number of aromatic carboxylic acids is 1. The monoisotopic (exact) mass is 441 g/mol. The molecule has 5 nitrogen and oxygen atoms in total. The smallest absolute Gasteiger partial charge is 0.335 e. The molecule has 3 aliphatic rings. The number of imide groups is 1. The fourth-order valence-electron chi connectivity index (χ4n) is 4.38. The summed E-state index contributed by atoms with van der Waals surface area (Å²) in [5.74, 6) is -1.75. The summed E-state index contributed by atoms with van der Waals surface area (Å²) in [4.78, 5) is 38.4. The SMILES string of the molecule is O=C(O)c1cccc(N2C(=O)[C@@H]3[C@@H]4C[C@@H]([C@@H](Br)[C@@H]4Br)[C@@H]3C2=O)c1. The average molecular weight is 443 g/mol. The topological polar surface area (TPSA) is 74.7 Å². The number of halogens is 2. The minimum absolute atomic E-state index is 0.0693. The third-order valence-corrected chi connectivity index (χ3v) is 8.55. The van der Waals surface area contributed by atoms with Crippen molar-refractivity contribution in [1.29, 1.82) is 0 Å². The van der Waals surface area contributed by atoms with Crippen LogP contribution in [0.25, 0.3) is 0 Å². The fourth-order valence-corrected chi connectivity index (χ4v) is 6.25. The van der Waals surface area contributed by atoms with Gasteiger partial charge in [-0.1, -0.05) is 37.9 Å². The van der Waals surface area contributed by atoms with E-state index in [0.29, 0.717) is 5.69 Å².